The predicted octanol–water partition coefficient (Wildman–Crippen LogP) is 2.28. The maximum absolute atomic E-state index is 11.2. The Balaban J connectivity index is 2.68. The first-order valence-electron chi connectivity index (χ1n) is 6.02. The van der Waals surface area contributed by atoms with Crippen LogP contribution in [0.3, 0.4) is 0 Å². The number of carbonyl (C=O) groups is 2. The van der Waals surface area contributed by atoms with Gasteiger partial charge < -0.3 is 10.0 Å². The Morgan fingerprint density at radius 2 is 1.84 bits per heavy atom. The van der Waals surface area contributed by atoms with Crippen LogP contribution in [-0.4, -0.2) is 36.0 Å². The van der Waals surface area contributed by atoms with Crippen molar-refractivity contribution in [2.24, 2.45) is 5.92 Å². The summed E-state index contributed by atoms with van der Waals surface area (Å²) in [5, 5.41) is 9.11. The van der Waals surface area contributed by atoms with E-state index in [2.05, 4.69) is 0 Å². The molecule has 0 spiro atoms. The zero-order chi connectivity index (χ0) is 14.4. The van der Waals surface area contributed by atoms with Crippen molar-refractivity contribution in [1.29, 1.82) is 0 Å². The molecular formula is C14H19NO3S. The molecule has 0 aliphatic heterocycles. The molecule has 0 bridgehead atoms. The Morgan fingerprint density at radius 1 is 1.26 bits per heavy atom. The van der Waals surface area contributed by atoms with Crippen molar-refractivity contribution < 1.29 is 14.7 Å². The number of rotatable bonds is 6. The molecule has 1 N–H and O–H groups in total. The molecule has 0 aliphatic carbocycles. The summed E-state index contributed by atoms with van der Waals surface area (Å²) >= 11 is 1.07. The standard InChI is InChI=1S/C14H19NO3S/c1-10(16)19-9-12(14(17)18)8-11-4-6-13(7-5-11)15(2)3/h4-7,12H,8-9H2,1-3H3,(H,17,18)/t12-/m1/s1. The number of nitrogens with zero attached hydrogens (tertiary/aromatic N) is 1. The fraction of sp³-hybridized carbons (Fsp3) is 0.429. The summed E-state index contributed by atoms with van der Waals surface area (Å²) in [7, 11) is 3.91. The van der Waals surface area contributed by atoms with E-state index in [9.17, 15) is 9.59 Å². The fourth-order valence-corrected chi connectivity index (χ4v) is 2.35. The van der Waals surface area contributed by atoms with Gasteiger partial charge in [-0.3, -0.25) is 9.59 Å². The third kappa shape index (κ3) is 5.34. The number of carbonyl (C=O) groups excluding carboxylic acids is 1. The molecule has 0 fully saturated rings. The van der Waals surface area contributed by atoms with Crippen LogP contribution < -0.4 is 4.90 Å². The Bertz CT molecular complexity index is 443. The maximum atomic E-state index is 11.2. The van der Waals surface area contributed by atoms with Crippen LogP contribution in [0, 0.1) is 5.92 Å². The van der Waals surface area contributed by atoms with Gasteiger partial charge in [-0.25, -0.2) is 0 Å². The number of aliphatic carboxylic acids is 1. The minimum absolute atomic E-state index is 0.0470. The van der Waals surface area contributed by atoms with Crippen molar-refractivity contribution in [3.63, 3.8) is 0 Å². The van der Waals surface area contributed by atoms with Gasteiger partial charge in [0.05, 0.1) is 5.92 Å². The quantitative estimate of drug-likeness (QED) is 0.867. The topological polar surface area (TPSA) is 57.6 Å². The van der Waals surface area contributed by atoms with Crippen LogP contribution in [0.1, 0.15) is 12.5 Å². The number of carboxylic acids is 1. The summed E-state index contributed by atoms with van der Waals surface area (Å²) in [6.07, 6.45) is 0.448. The first-order chi connectivity index (χ1) is 8.90. The van der Waals surface area contributed by atoms with Crippen molar-refractivity contribution in [2.75, 3.05) is 24.7 Å². The molecule has 1 aromatic rings. The molecule has 19 heavy (non-hydrogen) atoms. The Kier molecular flexibility index (Phi) is 5.89. The molecule has 0 unspecified atom stereocenters. The normalized spacial score (nSPS) is 11.9. The maximum Gasteiger partial charge on any atom is 0.307 e. The van der Waals surface area contributed by atoms with Gasteiger partial charge in [-0.05, 0) is 24.1 Å². The molecule has 0 heterocycles. The van der Waals surface area contributed by atoms with E-state index in [4.69, 9.17) is 5.11 Å². The van der Waals surface area contributed by atoms with Gasteiger partial charge in [0.1, 0.15) is 0 Å². The van der Waals surface area contributed by atoms with Gasteiger partial charge in [0, 0.05) is 32.5 Å². The minimum Gasteiger partial charge on any atom is -0.481 e. The molecular weight excluding hydrogens is 262 g/mol. The third-order valence-corrected chi connectivity index (χ3v) is 3.75. The second kappa shape index (κ2) is 7.19. The average molecular weight is 281 g/mol. The smallest absolute Gasteiger partial charge is 0.307 e. The van der Waals surface area contributed by atoms with Crippen molar-refractivity contribution in [3.05, 3.63) is 29.8 Å². The molecule has 1 aromatic carbocycles. The first kappa shape index (κ1) is 15.6. The van der Waals surface area contributed by atoms with E-state index >= 15 is 0 Å². The van der Waals surface area contributed by atoms with Crippen LogP contribution in [-0.2, 0) is 16.0 Å². The Morgan fingerprint density at radius 3 is 2.26 bits per heavy atom. The SMILES string of the molecule is CC(=O)SC[C@@H](Cc1ccc(N(C)C)cc1)C(=O)O. The van der Waals surface area contributed by atoms with E-state index in [1.54, 1.807) is 0 Å². The lowest BCUT2D eigenvalue weighted by Gasteiger charge is -2.14. The van der Waals surface area contributed by atoms with Crippen LogP contribution in [0.2, 0.25) is 0 Å². The van der Waals surface area contributed by atoms with Crippen molar-refractivity contribution in [3.8, 4) is 0 Å². The molecule has 0 aromatic heterocycles. The Hall–Kier alpha value is -1.49. The van der Waals surface area contributed by atoms with E-state index in [1.807, 2.05) is 43.3 Å². The summed E-state index contributed by atoms with van der Waals surface area (Å²) in [5.41, 5.74) is 2.05. The second-order valence-corrected chi connectivity index (χ2v) is 5.80. The number of hydrogen-bond acceptors (Lipinski definition) is 4. The summed E-state index contributed by atoms with van der Waals surface area (Å²) in [6, 6.07) is 7.80. The first-order valence-corrected chi connectivity index (χ1v) is 7.01. The minimum atomic E-state index is -0.856. The molecule has 1 rings (SSSR count). The molecule has 0 saturated carbocycles. The van der Waals surface area contributed by atoms with E-state index in [-0.39, 0.29) is 5.12 Å². The molecule has 0 amide bonds. The number of hydrogen-bond donors (Lipinski definition) is 1. The van der Waals surface area contributed by atoms with Crippen molar-refractivity contribution in [1.82, 2.24) is 0 Å². The van der Waals surface area contributed by atoms with Gasteiger partial charge in [-0.15, -0.1) is 0 Å². The van der Waals surface area contributed by atoms with Gasteiger partial charge in [0.2, 0.25) is 0 Å². The number of thioether (sulfide) groups is 1. The van der Waals surface area contributed by atoms with Crippen LogP contribution >= 0.6 is 11.8 Å². The molecule has 5 heteroatoms. The molecule has 0 radical (unpaired) electrons. The molecule has 104 valence electrons. The largest absolute Gasteiger partial charge is 0.481 e. The highest BCUT2D eigenvalue weighted by atomic mass is 32.2. The number of carboxylic acid groups (broad SMARTS) is 1. The molecule has 0 saturated heterocycles. The van der Waals surface area contributed by atoms with E-state index < -0.39 is 11.9 Å². The zero-order valence-corrected chi connectivity index (χ0v) is 12.2. The highest BCUT2D eigenvalue weighted by Gasteiger charge is 2.19. The lowest BCUT2D eigenvalue weighted by atomic mass is 10.0. The van der Waals surface area contributed by atoms with E-state index in [0.717, 1.165) is 23.0 Å². The second-order valence-electron chi connectivity index (χ2n) is 4.60. The number of anilines is 1. The fourth-order valence-electron chi connectivity index (χ4n) is 1.65. The third-order valence-electron chi connectivity index (χ3n) is 2.77. The predicted molar refractivity (Wildman–Crippen MR) is 78.7 cm³/mol. The van der Waals surface area contributed by atoms with Crippen molar-refractivity contribution >= 4 is 28.5 Å². The monoisotopic (exact) mass is 281 g/mol. The Labute approximate surface area is 117 Å². The van der Waals surface area contributed by atoms with Crippen molar-refractivity contribution in [2.45, 2.75) is 13.3 Å². The lowest BCUT2D eigenvalue weighted by Crippen LogP contribution is -2.19. The molecule has 1 atom stereocenters. The zero-order valence-electron chi connectivity index (χ0n) is 11.4. The highest BCUT2D eigenvalue weighted by Crippen LogP contribution is 2.18. The summed E-state index contributed by atoms with van der Waals surface area (Å²) < 4.78 is 0. The lowest BCUT2D eigenvalue weighted by molar-refractivity contribution is -0.140. The van der Waals surface area contributed by atoms with Crippen LogP contribution in [0.4, 0.5) is 5.69 Å². The molecule has 4 nitrogen and oxygen atoms in total. The summed E-state index contributed by atoms with van der Waals surface area (Å²) in [4.78, 5) is 24.1. The number of benzene rings is 1. The van der Waals surface area contributed by atoms with E-state index in [0.29, 0.717) is 12.2 Å². The van der Waals surface area contributed by atoms with Crippen LogP contribution in [0.15, 0.2) is 24.3 Å². The summed E-state index contributed by atoms with van der Waals surface area (Å²) in [6.45, 7) is 1.45. The van der Waals surface area contributed by atoms with Gasteiger partial charge in [0.25, 0.3) is 0 Å². The van der Waals surface area contributed by atoms with E-state index in [1.165, 1.54) is 6.92 Å². The van der Waals surface area contributed by atoms with Gasteiger partial charge >= 0.3 is 5.97 Å². The van der Waals surface area contributed by atoms with Crippen LogP contribution in [0.5, 0.6) is 0 Å². The van der Waals surface area contributed by atoms with Crippen LogP contribution in [0.25, 0.3) is 0 Å². The van der Waals surface area contributed by atoms with Gasteiger partial charge in [-0.1, -0.05) is 23.9 Å². The van der Waals surface area contributed by atoms with Gasteiger partial charge in [-0.2, -0.15) is 0 Å². The highest BCUT2D eigenvalue weighted by molar-refractivity contribution is 8.13. The average Bonchev–Trinajstić information content (AvgIpc) is 2.34. The summed E-state index contributed by atoms with van der Waals surface area (Å²) in [5.74, 6) is -1.07. The van der Waals surface area contributed by atoms with Gasteiger partial charge in [0.15, 0.2) is 5.12 Å². The molecule has 0 aliphatic rings.